The minimum atomic E-state index is -1.18. The second-order valence-corrected chi connectivity index (χ2v) is 7.08. The summed E-state index contributed by atoms with van der Waals surface area (Å²) in [7, 11) is 0. The Morgan fingerprint density at radius 2 is 1.45 bits per heavy atom. The molecule has 162 valence electrons. The molecule has 3 amide bonds. The van der Waals surface area contributed by atoms with E-state index >= 15 is 0 Å². The summed E-state index contributed by atoms with van der Waals surface area (Å²) in [6, 6.07) is 14.8. The summed E-state index contributed by atoms with van der Waals surface area (Å²) >= 11 is 0. The molecule has 2 aromatic carbocycles. The number of carboxylic acids is 1. The lowest BCUT2D eigenvalue weighted by Gasteiger charge is -2.14. The van der Waals surface area contributed by atoms with Crippen LogP contribution in [0.4, 0.5) is 4.79 Å². The van der Waals surface area contributed by atoms with Crippen molar-refractivity contribution in [1.29, 1.82) is 0 Å². The van der Waals surface area contributed by atoms with Gasteiger partial charge in [-0.05, 0) is 29.2 Å². The van der Waals surface area contributed by atoms with Crippen LogP contribution >= 0.6 is 0 Å². The molecule has 0 fully saturated rings. The van der Waals surface area contributed by atoms with Crippen LogP contribution in [0.3, 0.4) is 0 Å². The Kier molecular flexibility index (Phi) is 6.86. The van der Waals surface area contributed by atoms with Gasteiger partial charge in [0.05, 0.1) is 6.54 Å². The van der Waals surface area contributed by atoms with Crippen molar-refractivity contribution in [2.45, 2.75) is 18.9 Å². The molecule has 0 aromatic heterocycles. The Hall–Kier alpha value is -3.88. The molecular weight excluding hydrogens is 402 g/mol. The summed E-state index contributed by atoms with van der Waals surface area (Å²) in [4.78, 5) is 46.0. The molecule has 1 aliphatic rings. The van der Waals surface area contributed by atoms with Gasteiger partial charge in [-0.15, -0.1) is 0 Å². The molecule has 9 heteroatoms. The minimum absolute atomic E-state index is 0.0908. The molecule has 0 spiro atoms. The zero-order chi connectivity index (χ0) is 22.4. The Labute approximate surface area is 178 Å². The average molecular weight is 425 g/mol. The highest BCUT2D eigenvalue weighted by Gasteiger charge is 2.29. The minimum Gasteiger partial charge on any atom is -0.480 e. The third-order valence-electron chi connectivity index (χ3n) is 4.93. The maximum atomic E-state index is 12.0. The van der Waals surface area contributed by atoms with Gasteiger partial charge in [0.15, 0.2) is 0 Å². The molecule has 0 radical (unpaired) electrons. The number of amides is 3. The number of rotatable bonds is 8. The van der Waals surface area contributed by atoms with Crippen LogP contribution in [0, 0.1) is 0 Å². The van der Waals surface area contributed by atoms with Crippen LogP contribution in [0.15, 0.2) is 48.5 Å². The van der Waals surface area contributed by atoms with Gasteiger partial charge in [0.1, 0.15) is 19.2 Å². The number of nitrogens with one attached hydrogen (secondary N) is 3. The first-order chi connectivity index (χ1) is 14.9. The quantitative estimate of drug-likeness (QED) is 0.503. The molecule has 2 aromatic rings. The summed E-state index contributed by atoms with van der Waals surface area (Å²) in [6.45, 7) is 0.652. The van der Waals surface area contributed by atoms with Gasteiger partial charge in [-0.2, -0.15) is 0 Å². The zero-order valence-corrected chi connectivity index (χ0v) is 16.9. The van der Waals surface area contributed by atoms with Crippen LogP contribution in [0.5, 0.6) is 0 Å². The number of carbonyl (C=O) groups is 4. The van der Waals surface area contributed by atoms with Crippen molar-refractivity contribution in [3.63, 3.8) is 0 Å². The van der Waals surface area contributed by atoms with E-state index in [0.29, 0.717) is 0 Å². The van der Waals surface area contributed by atoms with E-state index in [-0.39, 0.29) is 19.1 Å². The van der Waals surface area contributed by atoms with E-state index in [9.17, 15) is 19.2 Å². The molecule has 9 nitrogen and oxygen atoms in total. The van der Waals surface area contributed by atoms with Gasteiger partial charge in [0, 0.05) is 5.92 Å². The van der Waals surface area contributed by atoms with E-state index in [1.165, 1.54) is 6.92 Å². The number of hydrogen-bond donors (Lipinski definition) is 4. The maximum absolute atomic E-state index is 12.0. The molecule has 0 bridgehead atoms. The van der Waals surface area contributed by atoms with E-state index in [1.807, 2.05) is 48.5 Å². The molecule has 0 heterocycles. The highest BCUT2D eigenvalue weighted by molar-refractivity contribution is 5.89. The predicted octanol–water partition coefficient (Wildman–Crippen LogP) is 1.23. The first-order valence-electron chi connectivity index (χ1n) is 9.74. The van der Waals surface area contributed by atoms with Crippen molar-refractivity contribution in [1.82, 2.24) is 16.0 Å². The number of carboxylic acid groups (broad SMARTS) is 1. The molecular formula is C22H23N3O6. The Morgan fingerprint density at radius 1 is 0.903 bits per heavy atom. The summed E-state index contributed by atoms with van der Waals surface area (Å²) < 4.78 is 5.32. The van der Waals surface area contributed by atoms with E-state index < -0.39 is 36.5 Å². The number of ether oxygens (including phenoxy) is 1. The lowest BCUT2D eigenvalue weighted by atomic mass is 9.98. The monoisotopic (exact) mass is 425 g/mol. The van der Waals surface area contributed by atoms with Gasteiger partial charge in [-0.25, -0.2) is 4.79 Å². The highest BCUT2D eigenvalue weighted by Crippen LogP contribution is 2.44. The Bertz CT molecular complexity index is 961. The smallest absolute Gasteiger partial charge is 0.407 e. The third-order valence-corrected chi connectivity index (χ3v) is 4.93. The lowest BCUT2D eigenvalue weighted by Crippen LogP contribution is -2.46. The lowest BCUT2D eigenvalue weighted by molar-refractivity contribution is -0.141. The van der Waals surface area contributed by atoms with Gasteiger partial charge >= 0.3 is 12.1 Å². The second kappa shape index (κ2) is 9.75. The topological polar surface area (TPSA) is 134 Å². The van der Waals surface area contributed by atoms with Gasteiger partial charge in [-0.3, -0.25) is 14.4 Å². The standard InChI is InChI=1S/C22H23N3O6/c1-13(21(28)29)25-20(27)11-23-19(26)10-24-22(30)31-12-18-16-8-4-2-6-14(16)15-7-3-5-9-17(15)18/h2-9,13,18H,10-12H2,1H3,(H,23,26)(H,24,30)(H,25,27)(H,28,29). The molecule has 3 rings (SSSR count). The van der Waals surface area contributed by atoms with Gasteiger partial charge < -0.3 is 25.8 Å². The SMILES string of the molecule is CC(NC(=O)CNC(=O)CNC(=O)OCC1c2ccccc2-c2ccccc21)C(=O)O. The summed E-state index contributed by atoms with van der Waals surface area (Å²) in [5, 5.41) is 15.6. The van der Waals surface area contributed by atoms with Gasteiger partial charge in [0.2, 0.25) is 11.8 Å². The molecule has 1 atom stereocenters. The summed E-state index contributed by atoms with van der Waals surface area (Å²) in [5.74, 6) is -2.53. The molecule has 1 aliphatic carbocycles. The van der Waals surface area contributed by atoms with E-state index in [2.05, 4.69) is 16.0 Å². The number of aliphatic carboxylic acids is 1. The van der Waals surface area contributed by atoms with Crippen molar-refractivity contribution >= 4 is 23.9 Å². The molecule has 0 saturated carbocycles. The second-order valence-electron chi connectivity index (χ2n) is 7.08. The van der Waals surface area contributed by atoms with Crippen LogP contribution in [-0.2, 0) is 19.1 Å². The van der Waals surface area contributed by atoms with Gasteiger partial charge in [0.25, 0.3) is 0 Å². The van der Waals surface area contributed by atoms with Crippen molar-refractivity contribution in [3.8, 4) is 11.1 Å². The molecule has 0 aliphatic heterocycles. The number of alkyl carbamates (subject to hydrolysis) is 1. The predicted molar refractivity (Wildman–Crippen MR) is 111 cm³/mol. The molecule has 1 unspecified atom stereocenters. The summed E-state index contributed by atoms with van der Waals surface area (Å²) in [6.07, 6.45) is -0.749. The van der Waals surface area contributed by atoms with Gasteiger partial charge in [-0.1, -0.05) is 48.5 Å². The molecule has 31 heavy (non-hydrogen) atoms. The van der Waals surface area contributed by atoms with E-state index in [1.54, 1.807) is 0 Å². The van der Waals surface area contributed by atoms with Crippen LogP contribution in [0.25, 0.3) is 11.1 Å². The first-order valence-corrected chi connectivity index (χ1v) is 9.74. The van der Waals surface area contributed by atoms with Crippen LogP contribution in [0.1, 0.15) is 24.0 Å². The number of carbonyl (C=O) groups excluding carboxylic acids is 3. The van der Waals surface area contributed by atoms with Crippen molar-refractivity contribution in [2.24, 2.45) is 0 Å². The van der Waals surface area contributed by atoms with E-state index in [4.69, 9.17) is 9.84 Å². The maximum Gasteiger partial charge on any atom is 0.407 e. The number of fused-ring (bicyclic) bond motifs is 3. The van der Waals surface area contributed by atoms with E-state index in [0.717, 1.165) is 22.3 Å². The van der Waals surface area contributed by atoms with Crippen LogP contribution in [-0.4, -0.2) is 54.7 Å². The molecule has 0 saturated heterocycles. The zero-order valence-electron chi connectivity index (χ0n) is 16.9. The normalized spacial score (nSPS) is 12.8. The average Bonchev–Trinajstić information content (AvgIpc) is 3.08. The number of benzene rings is 2. The van der Waals surface area contributed by atoms with Crippen molar-refractivity contribution in [2.75, 3.05) is 19.7 Å². The fraction of sp³-hybridized carbons (Fsp3) is 0.273. The Balaban J connectivity index is 1.44. The van der Waals surface area contributed by atoms with Crippen molar-refractivity contribution < 1.29 is 29.0 Å². The fourth-order valence-corrected chi connectivity index (χ4v) is 3.40. The first kappa shape index (κ1) is 21.8. The fourth-order valence-electron chi connectivity index (χ4n) is 3.40. The molecule has 4 N–H and O–H groups in total. The van der Waals surface area contributed by atoms with Crippen LogP contribution < -0.4 is 16.0 Å². The van der Waals surface area contributed by atoms with Crippen molar-refractivity contribution in [3.05, 3.63) is 59.7 Å². The van der Waals surface area contributed by atoms with Crippen LogP contribution in [0.2, 0.25) is 0 Å². The highest BCUT2D eigenvalue weighted by atomic mass is 16.5. The summed E-state index contributed by atoms with van der Waals surface area (Å²) in [5.41, 5.74) is 4.38. The Morgan fingerprint density at radius 3 is 2.03 bits per heavy atom. The third kappa shape index (κ3) is 5.39. The largest absolute Gasteiger partial charge is 0.480 e. The number of hydrogen-bond acceptors (Lipinski definition) is 5.